The van der Waals surface area contributed by atoms with Gasteiger partial charge in [-0.2, -0.15) is 0 Å². The quantitative estimate of drug-likeness (QED) is 0.897. The molecule has 0 radical (unpaired) electrons. The number of hydrogen-bond acceptors (Lipinski definition) is 3. The summed E-state index contributed by atoms with van der Waals surface area (Å²) in [6.45, 7) is 1.33. The van der Waals surface area contributed by atoms with E-state index < -0.39 is 11.4 Å². The number of amides is 2. The fraction of sp³-hybridized carbons (Fsp3) is 0.235. The van der Waals surface area contributed by atoms with Crippen molar-refractivity contribution in [3.8, 4) is 0 Å². The number of pyridine rings is 1. The lowest BCUT2D eigenvalue weighted by Gasteiger charge is -2.34. The molecule has 0 atom stereocenters. The first-order valence-corrected chi connectivity index (χ1v) is 7.58. The van der Waals surface area contributed by atoms with Crippen molar-refractivity contribution >= 4 is 11.8 Å². The highest BCUT2D eigenvalue weighted by atomic mass is 19.1. The van der Waals surface area contributed by atoms with Crippen molar-refractivity contribution in [1.29, 1.82) is 0 Å². The monoisotopic (exact) mass is 329 g/mol. The van der Waals surface area contributed by atoms with Gasteiger partial charge in [0.15, 0.2) is 0 Å². The molecule has 0 saturated carbocycles. The van der Waals surface area contributed by atoms with Crippen LogP contribution >= 0.6 is 0 Å². The molecule has 24 heavy (non-hydrogen) atoms. The van der Waals surface area contributed by atoms with E-state index in [1.54, 1.807) is 21.9 Å². The first-order chi connectivity index (χ1) is 11.6. The van der Waals surface area contributed by atoms with Crippen LogP contribution in [0.25, 0.3) is 0 Å². The van der Waals surface area contributed by atoms with Gasteiger partial charge in [0, 0.05) is 37.9 Å². The Hall–Kier alpha value is -2.96. The molecule has 1 aromatic heterocycles. The third-order valence-corrected chi connectivity index (χ3v) is 3.97. The highest BCUT2D eigenvalue weighted by Gasteiger charge is 2.26. The van der Waals surface area contributed by atoms with E-state index in [0.29, 0.717) is 26.2 Å². The van der Waals surface area contributed by atoms with Crippen LogP contribution in [0.5, 0.6) is 0 Å². The molecule has 2 amide bonds. The molecule has 1 aliphatic heterocycles. The van der Waals surface area contributed by atoms with Crippen LogP contribution in [0.2, 0.25) is 0 Å². The number of H-pyrrole nitrogens is 1. The second kappa shape index (κ2) is 6.66. The maximum atomic E-state index is 13.2. The predicted octanol–water partition coefficient (Wildman–Crippen LogP) is 1.11. The van der Waals surface area contributed by atoms with E-state index >= 15 is 0 Å². The van der Waals surface area contributed by atoms with Gasteiger partial charge in [0.1, 0.15) is 11.4 Å². The molecular formula is C17H16FN3O3. The molecule has 3 rings (SSSR count). The average molecular weight is 329 g/mol. The van der Waals surface area contributed by atoms with Gasteiger partial charge in [-0.1, -0.05) is 6.07 Å². The Labute approximate surface area is 137 Å². The smallest absolute Gasteiger partial charge is 0.260 e. The zero-order chi connectivity index (χ0) is 17.1. The second-order valence-electron chi connectivity index (χ2n) is 5.51. The summed E-state index contributed by atoms with van der Waals surface area (Å²) in [5.74, 6) is -1.08. The molecule has 2 heterocycles. The number of hydrogen-bond donors (Lipinski definition) is 1. The first-order valence-electron chi connectivity index (χ1n) is 7.58. The molecule has 0 unspecified atom stereocenters. The lowest BCUT2D eigenvalue weighted by Crippen LogP contribution is -2.51. The highest BCUT2D eigenvalue weighted by molar-refractivity contribution is 5.95. The molecule has 7 heteroatoms. The molecule has 0 aliphatic carbocycles. The maximum absolute atomic E-state index is 13.2. The van der Waals surface area contributed by atoms with E-state index in [4.69, 9.17) is 0 Å². The molecule has 0 spiro atoms. The van der Waals surface area contributed by atoms with E-state index in [1.165, 1.54) is 30.5 Å². The number of halogens is 1. The Bertz CT molecular complexity index is 826. The summed E-state index contributed by atoms with van der Waals surface area (Å²) in [4.78, 5) is 42.0. The summed E-state index contributed by atoms with van der Waals surface area (Å²) >= 11 is 0. The molecule has 6 nitrogen and oxygen atoms in total. The van der Waals surface area contributed by atoms with Crippen molar-refractivity contribution in [2.45, 2.75) is 0 Å². The third kappa shape index (κ3) is 3.19. The number of aromatic amines is 1. The van der Waals surface area contributed by atoms with Crippen LogP contribution in [0.4, 0.5) is 4.39 Å². The average Bonchev–Trinajstić information content (AvgIpc) is 2.61. The van der Waals surface area contributed by atoms with Crippen LogP contribution in [0, 0.1) is 5.82 Å². The summed E-state index contributed by atoms with van der Waals surface area (Å²) < 4.78 is 13.2. The Balaban J connectivity index is 1.66. The molecule has 1 fully saturated rings. The molecule has 1 N–H and O–H groups in total. The standard InChI is InChI=1S/C17H16FN3O3/c18-13-4-1-3-12(11-13)16(23)20-7-9-21(10-8-20)17(24)14-5-2-6-19-15(14)22/h1-6,11H,7-10H2,(H,19,22). The zero-order valence-electron chi connectivity index (χ0n) is 12.9. The van der Waals surface area contributed by atoms with Crippen molar-refractivity contribution in [3.05, 3.63) is 69.9 Å². The van der Waals surface area contributed by atoms with Crippen LogP contribution < -0.4 is 5.56 Å². The van der Waals surface area contributed by atoms with E-state index in [0.717, 1.165) is 0 Å². The largest absolute Gasteiger partial charge is 0.335 e. The van der Waals surface area contributed by atoms with E-state index in [9.17, 15) is 18.8 Å². The van der Waals surface area contributed by atoms with E-state index in [-0.39, 0.29) is 22.9 Å². The van der Waals surface area contributed by atoms with Gasteiger partial charge >= 0.3 is 0 Å². The SMILES string of the molecule is O=C(c1cccc(F)c1)N1CCN(C(=O)c2ccc[nH]c2=O)CC1. The van der Waals surface area contributed by atoms with Crippen LogP contribution in [0.1, 0.15) is 20.7 Å². The molecule has 1 aliphatic rings. The summed E-state index contributed by atoms with van der Waals surface area (Å²) in [7, 11) is 0. The number of nitrogens with one attached hydrogen (secondary N) is 1. The minimum Gasteiger partial charge on any atom is -0.335 e. The zero-order valence-corrected chi connectivity index (χ0v) is 12.9. The fourth-order valence-electron chi connectivity index (χ4n) is 2.68. The number of piperazine rings is 1. The van der Waals surface area contributed by atoms with Gasteiger partial charge in [0.05, 0.1) is 0 Å². The van der Waals surface area contributed by atoms with Crippen molar-refractivity contribution in [2.75, 3.05) is 26.2 Å². The van der Waals surface area contributed by atoms with Gasteiger partial charge in [0.25, 0.3) is 17.4 Å². The van der Waals surface area contributed by atoms with Crippen molar-refractivity contribution < 1.29 is 14.0 Å². The number of aromatic nitrogens is 1. The van der Waals surface area contributed by atoms with Crippen molar-refractivity contribution in [3.63, 3.8) is 0 Å². The number of benzene rings is 1. The topological polar surface area (TPSA) is 73.5 Å². The molecule has 0 bridgehead atoms. The van der Waals surface area contributed by atoms with Gasteiger partial charge in [-0.25, -0.2) is 4.39 Å². The minimum absolute atomic E-state index is 0.0856. The van der Waals surface area contributed by atoms with Gasteiger partial charge in [0.2, 0.25) is 0 Å². The van der Waals surface area contributed by atoms with Crippen LogP contribution in [-0.2, 0) is 0 Å². The summed E-state index contributed by atoms with van der Waals surface area (Å²) in [6.07, 6.45) is 1.47. The fourth-order valence-corrected chi connectivity index (χ4v) is 2.68. The first kappa shape index (κ1) is 15.9. The summed E-state index contributed by atoms with van der Waals surface area (Å²) in [5, 5.41) is 0. The van der Waals surface area contributed by atoms with Crippen LogP contribution in [0.3, 0.4) is 0 Å². The summed E-state index contributed by atoms with van der Waals surface area (Å²) in [5.41, 5.74) is -0.0579. The summed E-state index contributed by atoms with van der Waals surface area (Å²) in [6, 6.07) is 8.61. The number of rotatable bonds is 2. The molecule has 1 aromatic carbocycles. The minimum atomic E-state index is -0.460. The lowest BCUT2D eigenvalue weighted by molar-refractivity contribution is 0.0534. The molecular weight excluding hydrogens is 313 g/mol. The van der Waals surface area contributed by atoms with Gasteiger partial charge in [-0.05, 0) is 30.3 Å². The van der Waals surface area contributed by atoms with E-state index in [1.807, 2.05) is 0 Å². The molecule has 1 saturated heterocycles. The normalized spacial score (nSPS) is 14.5. The van der Waals surface area contributed by atoms with Crippen LogP contribution in [-0.4, -0.2) is 52.8 Å². The van der Waals surface area contributed by atoms with Gasteiger partial charge in [-0.3, -0.25) is 14.4 Å². The number of carbonyl (C=O) groups excluding carboxylic acids is 2. The lowest BCUT2D eigenvalue weighted by atomic mass is 10.1. The molecule has 2 aromatic rings. The third-order valence-electron chi connectivity index (χ3n) is 3.97. The maximum Gasteiger partial charge on any atom is 0.260 e. The van der Waals surface area contributed by atoms with Crippen molar-refractivity contribution in [1.82, 2.24) is 14.8 Å². The Morgan fingerprint density at radius 3 is 2.25 bits per heavy atom. The Morgan fingerprint density at radius 2 is 1.62 bits per heavy atom. The number of nitrogens with zero attached hydrogens (tertiary/aromatic N) is 2. The highest BCUT2D eigenvalue weighted by Crippen LogP contribution is 2.11. The van der Waals surface area contributed by atoms with Gasteiger partial charge in [-0.15, -0.1) is 0 Å². The predicted molar refractivity (Wildman–Crippen MR) is 85.3 cm³/mol. The second-order valence-corrected chi connectivity index (χ2v) is 5.51. The van der Waals surface area contributed by atoms with Crippen molar-refractivity contribution in [2.24, 2.45) is 0 Å². The molecule has 124 valence electrons. The number of carbonyl (C=O) groups is 2. The Morgan fingerprint density at radius 1 is 0.958 bits per heavy atom. The van der Waals surface area contributed by atoms with Crippen LogP contribution in [0.15, 0.2) is 47.4 Å². The van der Waals surface area contributed by atoms with E-state index in [2.05, 4.69) is 4.98 Å². The Kier molecular flexibility index (Phi) is 4.41. The van der Waals surface area contributed by atoms with Gasteiger partial charge < -0.3 is 14.8 Å².